The third-order valence-corrected chi connectivity index (χ3v) is 7.23. The molecular formula is C9H28N3Na5O15P5. The molecule has 0 aliphatic rings. The van der Waals surface area contributed by atoms with E-state index in [-0.39, 0.29) is 148 Å². The van der Waals surface area contributed by atoms with Gasteiger partial charge in [0.05, 0.1) is 0 Å². The molecule has 18 nitrogen and oxygen atoms in total. The Bertz CT molecular complexity index is 742. The fourth-order valence-electron chi connectivity index (χ4n) is 2.49. The monoisotopic (exact) mass is 688 g/mol. The molecule has 0 spiro atoms. The van der Waals surface area contributed by atoms with Gasteiger partial charge in [0.25, 0.3) is 0 Å². The summed E-state index contributed by atoms with van der Waals surface area (Å²) in [7, 11) is -23.8. The molecule has 37 heavy (non-hydrogen) atoms. The van der Waals surface area contributed by atoms with E-state index in [1.807, 2.05) is 0 Å². The largest absolute Gasteiger partial charge is 0.339 e. The quantitative estimate of drug-likeness (QED) is 0.0542. The first-order chi connectivity index (χ1) is 13.9. The van der Waals surface area contributed by atoms with Crippen LogP contribution in [0.15, 0.2) is 0 Å². The third kappa shape index (κ3) is 39.6. The molecular weight excluding hydrogens is 660 g/mol. The average molecular weight is 688 g/mol. The Kier molecular flexibility index (Phi) is 35.6. The number of nitrogens with zero attached hydrogens (tertiary/aromatic N) is 3. The zero-order chi connectivity index (χ0) is 25.6. The standard InChI is InChI=1S/C9H28N3O15P5.5Na/c13-28(14,15)5-10(1-3-11(6-29(16,17)18)7-30(19,20)21)2-4-12(8-31(22,23)24)9-32(25,26)27;;;;;/h1-9H2,(H2,13,14,15)(H2,16,17,18)(H2,19,20,21)(H2,22,23,24)(H2,25,26,27);;;;;. The molecule has 0 amide bonds. The van der Waals surface area contributed by atoms with Gasteiger partial charge in [-0.25, -0.2) is 0 Å². The summed E-state index contributed by atoms with van der Waals surface area (Å²) in [6.45, 7) is -1.78. The van der Waals surface area contributed by atoms with Crippen molar-refractivity contribution in [3.8, 4) is 0 Å². The second kappa shape index (κ2) is 23.9. The SMILES string of the molecule is O=P(O)(O)CN(CCN(CP(=O)(O)O)CP(=O)(O)O)CCN(CP(=O)(O)O)CP(=O)(O)O.[Na].[Na].[Na].[Na].[Na]. The minimum Gasteiger partial charge on any atom is -0.324 e. The van der Waals surface area contributed by atoms with Gasteiger partial charge in [0.2, 0.25) is 0 Å². The maximum Gasteiger partial charge on any atom is 0.339 e. The van der Waals surface area contributed by atoms with E-state index in [2.05, 4.69) is 0 Å². The minimum atomic E-state index is -4.76. The van der Waals surface area contributed by atoms with E-state index in [9.17, 15) is 32.6 Å². The molecule has 5 radical (unpaired) electrons. The summed E-state index contributed by atoms with van der Waals surface area (Å²) in [6, 6.07) is 0. The van der Waals surface area contributed by atoms with Crippen LogP contribution in [0.25, 0.3) is 0 Å². The normalized spacial score (nSPS) is 12.7. The Morgan fingerprint density at radius 3 is 0.622 bits per heavy atom. The molecule has 0 atom stereocenters. The van der Waals surface area contributed by atoms with Gasteiger partial charge < -0.3 is 48.9 Å². The Hall–Kier alpha value is 5.63. The third-order valence-electron chi connectivity index (χ3n) is 3.39. The Balaban J connectivity index is -0.000000480. The summed E-state index contributed by atoms with van der Waals surface area (Å²) in [4.78, 5) is 93.2. The molecule has 0 saturated carbocycles. The van der Waals surface area contributed by atoms with Crippen LogP contribution in [-0.4, -0.2) is 269 Å². The molecule has 0 bridgehead atoms. The van der Waals surface area contributed by atoms with Crippen molar-refractivity contribution in [3.05, 3.63) is 0 Å². The zero-order valence-electron chi connectivity index (χ0n) is 21.5. The van der Waals surface area contributed by atoms with Gasteiger partial charge >= 0.3 is 38.0 Å². The van der Waals surface area contributed by atoms with Crippen molar-refractivity contribution in [1.82, 2.24) is 14.7 Å². The van der Waals surface area contributed by atoms with Crippen molar-refractivity contribution >= 4 is 186 Å². The van der Waals surface area contributed by atoms with Crippen LogP contribution in [0, 0.1) is 0 Å². The first kappa shape index (κ1) is 55.1. The van der Waals surface area contributed by atoms with Crippen LogP contribution in [0.4, 0.5) is 0 Å². The van der Waals surface area contributed by atoms with E-state index in [4.69, 9.17) is 39.1 Å². The van der Waals surface area contributed by atoms with E-state index in [1.54, 1.807) is 0 Å². The van der Waals surface area contributed by atoms with Gasteiger partial charge in [0.15, 0.2) is 0 Å². The second-order valence-corrected chi connectivity index (χ2v) is 15.0. The van der Waals surface area contributed by atoms with Crippen LogP contribution in [0.5, 0.6) is 0 Å². The Labute approximate surface area is 324 Å². The predicted molar refractivity (Wildman–Crippen MR) is 138 cm³/mol. The predicted octanol–water partition coefficient (Wildman–Crippen LogP) is -4.34. The summed E-state index contributed by atoms with van der Waals surface area (Å²) < 4.78 is 56.1. The van der Waals surface area contributed by atoms with E-state index in [0.717, 1.165) is 4.90 Å². The molecule has 0 aliphatic carbocycles. The van der Waals surface area contributed by atoms with Crippen LogP contribution < -0.4 is 0 Å². The first-order valence-electron chi connectivity index (χ1n) is 8.34. The zero-order valence-corrected chi connectivity index (χ0v) is 35.9. The molecule has 0 unspecified atom stereocenters. The first-order valence-corrected chi connectivity index (χ1v) is 17.3. The molecule has 199 valence electrons. The van der Waals surface area contributed by atoms with Gasteiger partial charge in [-0.1, -0.05) is 0 Å². The maximum atomic E-state index is 11.4. The molecule has 0 aromatic carbocycles. The van der Waals surface area contributed by atoms with E-state index < -0.39 is 95.6 Å². The van der Waals surface area contributed by atoms with Gasteiger partial charge in [-0.2, -0.15) is 0 Å². The molecule has 10 N–H and O–H groups in total. The molecule has 0 fully saturated rings. The average Bonchev–Trinajstić information content (AvgIpc) is 2.41. The number of rotatable bonds is 16. The molecule has 0 rings (SSSR count). The molecule has 0 saturated heterocycles. The smallest absolute Gasteiger partial charge is 0.324 e. The van der Waals surface area contributed by atoms with Gasteiger partial charge in [-0.05, 0) is 0 Å². The van der Waals surface area contributed by atoms with Crippen LogP contribution in [-0.2, 0) is 22.8 Å². The van der Waals surface area contributed by atoms with Gasteiger partial charge in [0.1, 0.15) is 31.4 Å². The Morgan fingerprint density at radius 2 is 0.459 bits per heavy atom. The van der Waals surface area contributed by atoms with Crippen LogP contribution in [0.3, 0.4) is 0 Å². The molecule has 0 heterocycles. The molecule has 0 aromatic heterocycles. The number of hydrogen-bond acceptors (Lipinski definition) is 8. The number of hydrogen-bond donors (Lipinski definition) is 10. The van der Waals surface area contributed by atoms with E-state index >= 15 is 0 Å². The molecule has 28 heteroatoms. The van der Waals surface area contributed by atoms with Crippen molar-refractivity contribution in [2.75, 3.05) is 57.6 Å². The summed E-state index contributed by atoms with van der Waals surface area (Å²) in [5.41, 5.74) is 0. The van der Waals surface area contributed by atoms with Crippen LogP contribution >= 0.6 is 38.0 Å². The van der Waals surface area contributed by atoms with E-state index in [0.29, 0.717) is 9.80 Å². The van der Waals surface area contributed by atoms with Crippen molar-refractivity contribution in [2.45, 2.75) is 0 Å². The van der Waals surface area contributed by atoms with Crippen LogP contribution in [0.1, 0.15) is 0 Å². The van der Waals surface area contributed by atoms with Crippen LogP contribution in [0.2, 0.25) is 0 Å². The van der Waals surface area contributed by atoms with Crippen molar-refractivity contribution in [1.29, 1.82) is 0 Å². The fraction of sp³-hybridized carbons (Fsp3) is 1.00. The van der Waals surface area contributed by atoms with Gasteiger partial charge in [-0.15, -0.1) is 0 Å². The summed E-state index contributed by atoms with van der Waals surface area (Å²) in [6.07, 6.45) is -5.21. The fourth-order valence-corrected chi connectivity index (χ4v) is 6.66. The maximum absolute atomic E-state index is 11.4. The van der Waals surface area contributed by atoms with E-state index in [1.165, 1.54) is 0 Å². The molecule has 0 aliphatic heterocycles. The van der Waals surface area contributed by atoms with Crippen molar-refractivity contribution in [2.24, 2.45) is 0 Å². The Morgan fingerprint density at radius 1 is 0.324 bits per heavy atom. The van der Waals surface area contributed by atoms with Crippen molar-refractivity contribution in [3.63, 3.8) is 0 Å². The van der Waals surface area contributed by atoms with Crippen molar-refractivity contribution < 1.29 is 71.8 Å². The minimum absolute atomic E-state index is 0. The topological polar surface area (TPSA) is 297 Å². The van der Waals surface area contributed by atoms with Gasteiger partial charge in [-0.3, -0.25) is 37.5 Å². The summed E-state index contributed by atoms with van der Waals surface area (Å²) in [5.74, 6) is 0. The summed E-state index contributed by atoms with van der Waals surface area (Å²) in [5, 5.41) is 0. The van der Waals surface area contributed by atoms with Gasteiger partial charge in [0, 0.05) is 174 Å². The second-order valence-electron chi connectivity index (χ2n) is 6.94. The molecule has 0 aromatic rings. The summed E-state index contributed by atoms with van der Waals surface area (Å²) >= 11 is 0.